The first-order valence-electron chi connectivity index (χ1n) is 12.5. The number of hydrogen-bond acceptors (Lipinski definition) is 2. The fourth-order valence-corrected chi connectivity index (χ4v) is 6.87. The Bertz CT molecular complexity index is 1380. The first-order valence-corrected chi connectivity index (χ1v) is 13.3. The molecule has 3 heteroatoms. The van der Waals surface area contributed by atoms with Crippen molar-refractivity contribution in [3.05, 3.63) is 131 Å². The number of fused-ring (bicyclic) bond motifs is 1. The molecular weight excluding hydrogens is 458 g/mol. The molecule has 2 nitrogen and oxygen atoms in total. The second-order valence-electron chi connectivity index (χ2n) is 11.1. The minimum absolute atomic E-state index is 0.00158. The normalized spacial score (nSPS) is 20.9. The summed E-state index contributed by atoms with van der Waals surface area (Å²) in [6.07, 6.45) is 4.68. The van der Waals surface area contributed by atoms with E-state index in [4.69, 9.17) is 0 Å². The average molecular weight is 492 g/mol. The monoisotopic (exact) mass is 491 g/mol. The molecule has 0 aromatic heterocycles. The van der Waals surface area contributed by atoms with Gasteiger partial charge in [0, 0.05) is 16.0 Å². The Morgan fingerprint density at radius 3 is 1.92 bits per heavy atom. The number of anilines is 1. The lowest BCUT2D eigenvalue weighted by atomic mass is 9.66. The third kappa shape index (κ3) is 3.96. The van der Waals surface area contributed by atoms with Crippen LogP contribution >= 0.6 is 11.8 Å². The highest BCUT2D eigenvalue weighted by molar-refractivity contribution is 8.10. The molecule has 0 saturated carbocycles. The number of carbonyl (C=O) groups excluding carboxylic acids is 1. The first kappa shape index (κ1) is 24.4. The lowest BCUT2D eigenvalue weighted by Gasteiger charge is -2.50. The summed E-state index contributed by atoms with van der Waals surface area (Å²) in [7, 11) is 0. The van der Waals surface area contributed by atoms with Crippen molar-refractivity contribution in [2.75, 3.05) is 5.32 Å². The Hall–Kier alpha value is -3.30. The number of para-hydroxylation sites is 1. The molecule has 0 bridgehead atoms. The van der Waals surface area contributed by atoms with Crippen LogP contribution in [0.15, 0.2) is 120 Å². The highest BCUT2D eigenvalue weighted by atomic mass is 32.2. The van der Waals surface area contributed by atoms with Crippen LogP contribution in [0.4, 0.5) is 5.69 Å². The van der Waals surface area contributed by atoms with E-state index >= 15 is 0 Å². The van der Waals surface area contributed by atoms with E-state index in [0.717, 1.165) is 21.7 Å². The summed E-state index contributed by atoms with van der Waals surface area (Å²) in [5.74, 6) is -0.00695. The van der Waals surface area contributed by atoms with Gasteiger partial charge in [-0.1, -0.05) is 120 Å². The first-order chi connectivity index (χ1) is 17.1. The molecular formula is C33H33NOS. The summed E-state index contributed by atoms with van der Waals surface area (Å²) in [5.41, 5.74) is 6.21. The quantitative estimate of drug-likeness (QED) is 0.396. The van der Waals surface area contributed by atoms with Crippen LogP contribution in [0, 0.1) is 10.8 Å². The van der Waals surface area contributed by atoms with Crippen molar-refractivity contribution in [3.8, 4) is 0 Å². The maximum atomic E-state index is 14.6. The second-order valence-corrected chi connectivity index (χ2v) is 12.3. The Morgan fingerprint density at radius 2 is 1.33 bits per heavy atom. The maximum absolute atomic E-state index is 14.6. The maximum Gasteiger partial charge on any atom is 0.246 e. The third-order valence-corrected chi connectivity index (χ3v) is 9.27. The molecule has 0 radical (unpaired) electrons. The van der Waals surface area contributed by atoms with E-state index in [0.29, 0.717) is 0 Å². The summed E-state index contributed by atoms with van der Waals surface area (Å²) in [6.45, 7) is 11.2. The smallest absolute Gasteiger partial charge is 0.246 e. The number of carbonyl (C=O) groups is 1. The molecule has 1 aliphatic heterocycles. The number of thioether (sulfide) groups is 1. The number of hydrogen-bond donors (Lipinski definition) is 1. The zero-order valence-corrected chi connectivity index (χ0v) is 22.4. The zero-order chi connectivity index (χ0) is 25.6. The molecule has 5 rings (SSSR count). The molecule has 1 N–H and O–H groups in total. The van der Waals surface area contributed by atoms with Crippen LogP contribution in [0.1, 0.15) is 45.7 Å². The predicted octanol–water partition coefficient (Wildman–Crippen LogP) is 8.62. The van der Waals surface area contributed by atoms with Gasteiger partial charge in [0.1, 0.15) is 4.75 Å². The molecule has 3 aromatic rings. The standard InChI is InChI=1S/C33H33NOS/c1-31(2,3)25-21-27-28(22-25)32(4,5)33(24-17-11-7-12-18-24,30(35)34-26-19-13-8-14-20-26)36-29(27)23-15-9-6-10-16-23/h6-22H,1-5H3,(H,34,35). The van der Waals surface area contributed by atoms with Crippen LogP contribution in [-0.2, 0) is 9.54 Å². The highest BCUT2D eigenvalue weighted by Crippen LogP contribution is 2.66. The summed E-state index contributed by atoms with van der Waals surface area (Å²) in [6, 6.07) is 30.5. The largest absolute Gasteiger partial charge is 0.325 e. The number of benzene rings is 3. The Balaban J connectivity index is 1.78. The highest BCUT2D eigenvalue weighted by Gasteiger charge is 2.59. The zero-order valence-electron chi connectivity index (χ0n) is 21.6. The molecule has 1 atom stereocenters. The van der Waals surface area contributed by atoms with Crippen LogP contribution in [0.2, 0.25) is 0 Å². The molecule has 2 aliphatic rings. The topological polar surface area (TPSA) is 29.1 Å². The van der Waals surface area contributed by atoms with Gasteiger partial charge < -0.3 is 5.32 Å². The number of rotatable bonds is 4. The van der Waals surface area contributed by atoms with Gasteiger partial charge in [-0.15, -0.1) is 11.8 Å². The van der Waals surface area contributed by atoms with Gasteiger partial charge in [0.05, 0.1) is 0 Å². The molecule has 1 amide bonds. The predicted molar refractivity (Wildman–Crippen MR) is 154 cm³/mol. The van der Waals surface area contributed by atoms with Crippen molar-refractivity contribution >= 4 is 28.3 Å². The Labute approximate surface area is 219 Å². The van der Waals surface area contributed by atoms with E-state index in [1.165, 1.54) is 16.7 Å². The van der Waals surface area contributed by atoms with Crippen LogP contribution in [0.25, 0.3) is 4.91 Å². The van der Waals surface area contributed by atoms with Gasteiger partial charge in [-0.05, 0) is 51.5 Å². The van der Waals surface area contributed by atoms with Gasteiger partial charge in [0.15, 0.2) is 0 Å². The summed E-state index contributed by atoms with van der Waals surface area (Å²) >= 11 is 1.69. The molecule has 1 unspecified atom stereocenters. The van der Waals surface area contributed by atoms with E-state index in [9.17, 15) is 4.79 Å². The van der Waals surface area contributed by atoms with Crippen molar-refractivity contribution in [2.45, 2.75) is 39.4 Å². The number of amides is 1. The van der Waals surface area contributed by atoms with Crippen LogP contribution < -0.4 is 5.32 Å². The fraction of sp³-hybridized carbons (Fsp3) is 0.242. The van der Waals surface area contributed by atoms with Gasteiger partial charge in [-0.25, -0.2) is 0 Å². The van der Waals surface area contributed by atoms with E-state index in [1.54, 1.807) is 11.8 Å². The Morgan fingerprint density at radius 1 is 0.778 bits per heavy atom. The van der Waals surface area contributed by atoms with Crippen LogP contribution in [-0.4, -0.2) is 5.91 Å². The molecule has 0 spiro atoms. The van der Waals surface area contributed by atoms with Crippen molar-refractivity contribution in [3.63, 3.8) is 0 Å². The SMILES string of the molecule is CC(C)(C)C1=CC2=C(c3ccccc3)SC(C(=O)Nc3ccccc3)(c3ccccc3)C(C)(C)C2=C1. The molecule has 36 heavy (non-hydrogen) atoms. The van der Waals surface area contributed by atoms with Crippen molar-refractivity contribution < 1.29 is 4.79 Å². The van der Waals surface area contributed by atoms with Crippen LogP contribution in [0.5, 0.6) is 0 Å². The molecule has 0 fully saturated rings. The summed E-state index contributed by atoms with van der Waals surface area (Å²) in [4.78, 5) is 15.7. The van der Waals surface area contributed by atoms with Gasteiger partial charge in [0.2, 0.25) is 5.91 Å². The fourth-order valence-electron chi connectivity index (χ4n) is 5.27. The van der Waals surface area contributed by atoms with E-state index < -0.39 is 10.2 Å². The van der Waals surface area contributed by atoms with E-state index in [1.807, 2.05) is 54.6 Å². The van der Waals surface area contributed by atoms with Gasteiger partial charge >= 0.3 is 0 Å². The average Bonchev–Trinajstić information content (AvgIpc) is 3.34. The minimum Gasteiger partial charge on any atom is -0.325 e. The van der Waals surface area contributed by atoms with Crippen LogP contribution in [0.3, 0.4) is 0 Å². The van der Waals surface area contributed by atoms with Gasteiger partial charge in [-0.3, -0.25) is 4.79 Å². The number of nitrogens with one attached hydrogen (secondary N) is 1. The van der Waals surface area contributed by atoms with E-state index in [-0.39, 0.29) is 11.3 Å². The summed E-state index contributed by atoms with van der Waals surface area (Å²) < 4.78 is -0.883. The number of allylic oxidation sites excluding steroid dienone is 5. The summed E-state index contributed by atoms with van der Waals surface area (Å²) in [5, 5.41) is 3.27. The second kappa shape index (κ2) is 8.97. The van der Waals surface area contributed by atoms with E-state index in [2.05, 4.69) is 88.5 Å². The lowest BCUT2D eigenvalue weighted by Crippen LogP contribution is -2.51. The lowest BCUT2D eigenvalue weighted by molar-refractivity contribution is -0.120. The van der Waals surface area contributed by atoms with Gasteiger partial charge in [-0.2, -0.15) is 0 Å². The molecule has 0 saturated heterocycles. The van der Waals surface area contributed by atoms with Crippen molar-refractivity contribution in [1.82, 2.24) is 0 Å². The molecule has 1 heterocycles. The molecule has 1 aliphatic carbocycles. The van der Waals surface area contributed by atoms with Crippen molar-refractivity contribution in [2.24, 2.45) is 10.8 Å². The van der Waals surface area contributed by atoms with Crippen molar-refractivity contribution in [1.29, 1.82) is 0 Å². The minimum atomic E-state index is -0.883. The molecule has 3 aromatic carbocycles. The van der Waals surface area contributed by atoms with Gasteiger partial charge in [0.25, 0.3) is 0 Å². The molecule has 182 valence electrons. The Kier molecular flexibility index (Phi) is 6.08. The third-order valence-electron chi connectivity index (χ3n) is 7.38.